The molecule has 1 aromatic carbocycles. The predicted molar refractivity (Wildman–Crippen MR) is 62.8 cm³/mol. The van der Waals surface area contributed by atoms with Crippen LogP contribution in [0, 0.1) is 0 Å². The molecule has 0 saturated heterocycles. The molecule has 1 rings (SSSR count). The van der Waals surface area contributed by atoms with Crippen LogP contribution >= 0.6 is 23.4 Å². The fourth-order valence-electron chi connectivity index (χ4n) is 1.48. The summed E-state index contributed by atoms with van der Waals surface area (Å²) in [5, 5.41) is 0. The molecule has 0 radical (unpaired) electrons. The minimum absolute atomic E-state index is 0.567. The molecular weight excluding hydrogens is 330 g/mol. The summed E-state index contributed by atoms with van der Waals surface area (Å²) in [6.07, 6.45) is -5.64. The smallest absolute Gasteiger partial charge is 0.298 e. The zero-order valence-corrected chi connectivity index (χ0v) is 11.2. The van der Waals surface area contributed by atoms with Gasteiger partial charge in [0.2, 0.25) is 0 Å². The summed E-state index contributed by atoms with van der Waals surface area (Å²) < 4.78 is 75.4. The van der Waals surface area contributed by atoms with Crippen LogP contribution in [0.15, 0.2) is 23.1 Å². The third-order valence-electron chi connectivity index (χ3n) is 2.19. The lowest BCUT2D eigenvalue weighted by Gasteiger charge is -2.16. The van der Waals surface area contributed by atoms with Crippen LogP contribution in [0.1, 0.15) is 11.1 Å². The van der Waals surface area contributed by atoms with Crippen LogP contribution < -0.4 is 0 Å². The molecule has 0 aromatic heterocycles. The molecular formula is C11H7ClF6OS. The second-order valence-corrected chi connectivity index (χ2v) is 5.05. The van der Waals surface area contributed by atoms with Crippen molar-refractivity contribution in [1.82, 2.24) is 0 Å². The number of hydrogen-bond donors (Lipinski definition) is 0. The van der Waals surface area contributed by atoms with Crippen LogP contribution in [0.2, 0.25) is 0 Å². The summed E-state index contributed by atoms with van der Waals surface area (Å²) in [4.78, 5) is 10.5. The SMILES string of the molecule is O=C(CCl)Cc1c(SC(F)(F)F)cccc1C(F)(F)F. The van der Waals surface area contributed by atoms with Gasteiger partial charge in [-0.2, -0.15) is 26.3 Å². The second kappa shape index (κ2) is 6.26. The van der Waals surface area contributed by atoms with E-state index in [9.17, 15) is 31.1 Å². The van der Waals surface area contributed by atoms with E-state index < -0.39 is 57.6 Å². The molecule has 0 atom stereocenters. The van der Waals surface area contributed by atoms with Gasteiger partial charge in [0.15, 0.2) is 5.78 Å². The Kier molecular flexibility index (Phi) is 5.37. The molecule has 0 N–H and O–H groups in total. The van der Waals surface area contributed by atoms with Gasteiger partial charge in [-0.1, -0.05) is 6.07 Å². The Labute approximate surface area is 119 Å². The Balaban J connectivity index is 3.33. The van der Waals surface area contributed by atoms with Gasteiger partial charge in [0.05, 0.1) is 11.4 Å². The predicted octanol–water partition coefficient (Wildman–Crippen LogP) is 4.67. The highest BCUT2D eigenvalue weighted by Crippen LogP contribution is 2.42. The molecule has 0 bridgehead atoms. The minimum Gasteiger partial charge on any atom is -0.298 e. The van der Waals surface area contributed by atoms with Crippen LogP contribution in [0.3, 0.4) is 0 Å². The van der Waals surface area contributed by atoms with E-state index in [2.05, 4.69) is 0 Å². The zero-order valence-electron chi connectivity index (χ0n) is 9.61. The highest BCUT2D eigenvalue weighted by atomic mass is 35.5. The van der Waals surface area contributed by atoms with Gasteiger partial charge in [-0.05, 0) is 29.5 Å². The first kappa shape index (κ1) is 17.2. The summed E-state index contributed by atoms with van der Waals surface area (Å²) in [6.45, 7) is 0. The maximum atomic E-state index is 12.8. The third-order valence-corrected chi connectivity index (χ3v) is 3.32. The largest absolute Gasteiger partial charge is 0.446 e. The standard InChI is InChI=1S/C11H7ClF6OS/c12-5-6(19)4-7-8(10(13,14)15)2-1-3-9(7)20-11(16,17)18/h1-3H,4-5H2. The summed E-state index contributed by atoms with van der Waals surface area (Å²) in [6, 6.07) is 2.40. The van der Waals surface area contributed by atoms with Gasteiger partial charge in [0.1, 0.15) is 0 Å². The van der Waals surface area contributed by atoms with E-state index in [1.54, 1.807) is 0 Å². The molecule has 0 saturated carbocycles. The zero-order chi connectivity index (χ0) is 15.6. The quantitative estimate of drug-likeness (QED) is 0.451. The van der Waals surface area contributed by atoms with Crippen LogP contribution in [0.5, 0.6) is 0 Å². The van der Waals surface area contributed by atoms with E-state index >= 15 is 0 Å². The topological polar surface area (TPSA) is 17.1 Å². The Hall–Kier alpha value is -0.890. The van der Waals surface area contributed by atoms with Gasteiger partial charge < -0.3 is 0 Å². The molecule has 0 heterocycles. The number of thioether (sulfide) groups is 1. The van der Waals surface area contributed by atoms with Gasteiger partial charge in [-0.25, -0.2) is 0 Å². The molecule has 0 aliphatic rings. The van der Waals surface area contributed by atoms with E-state index in [0.717, 1.165) is 12.1 Å². The first-order valence-corrected chi connectivity index (χ1v) is 6.42. The number of hydrogen-bond acceptors (Lipinski definition) is 2. The van der Waals surface area contributed by atoms with Crippen LogP contribution in [0.4, 0.5) is 26.3 Å². The Morgan fingerprint density at radius 3 is 2.20 bits per heavy atom. The Morgan fingerprint density at radius 1 is 1.15 bits per heavy atom. The van der Waals surface area contributed by atoms with E-state index in [1.165, 1.54) is 0 Å². The lowest BCUT2D eigenvalue weighted by atomic mass is 10.0. The number of benzene rings is 1. The number of alkyl halides is 7. The number of halogens is 7. The lowest BCUT2D eigenvalue weighted by molar-refractivity contribution is -0.138. The van der Waals surface area contributed by atoms with Gasteiger partial charge in [0.25, 0.3) is 0 Å². The molecule has 0 fully saturated rings. The average molecular weight is 337 g/mol. The molecule has 112 valence electrons. The number of Topliss-reactive ketones (excluding diaryl/α,β-unsaturated/α-hetero) is 1. The molecule has 1 nitrogen and oxygen atoms in total. The van der Waals surface area contributed by atoms with Gasteiger partial charge >= 0.3 is 11.7 Å². The summed E-state index contributed by atoms with van der Waals surface area (Å²) in [5.74, 6) is -1.35. The normalized spacial score (nSPS) is 12.6. The van der Waals surface area contributed by atoms with Crippen molar-refractivity contribution >= 4 is 29.1 Å². The average Bonchev–Trinajstić information content (AvgIpc) is 2.27. The molecule has 0 aliphatic carbocycles. The first-order valence-electron chi connectivity index (χ1n) is 5.07. The van der Waals surface area contributed by atoms with Crippen molar-refractivity contribution in [3.05, 3.63) is 29.3 Å². The Bertz CT molecular complexity index is 497. The molecule has 0 amide bonds. The number of ketones is 1. The third kappa shape index (κ3) is 4.90. The molecule has 0 spiro atoms. The number of carbonyl (C=O) groups excluding carboxylic acids is 1. The lowest BCUT2D eigenvalue weighted by Crippen LogP contribution is -2.15. The van der Waals surface area contributed by atoms with E-state index in [0.29, 0.717) is 6.07 Å². The fraction of sp³-hybridized carbons (Fsp3) is 0.364. The van der Waals surface area contributed by atoms with Gasteiger partial charge in [0, 0.05) is 11.3 Å². The summed E-state index contributed by atoms with van der Waals surface area (Å²) >= 11 is 4.51. The monoisotopic (exact) mass is 336 g/mol. The van der Waals surface area contributed by atoms with E-state index in [4.69, 9.17) is 11.6 Å². The van der Waals surface area contributed by atoms with E-state index in [-0.39, 0.29) is 0 Å². The molecule has 9 heteroatoms. The summed E-state index contributed by atoms with van der Waals surface area (Å²) in [7, 11) is 0. The van der Waals surface area contributed by atoms with Crippen LogP contribution in [-0.4, -0.2) is 17.2 Å². The summed E-state index contributed by atoms with van der Waals surface area (Å²) in [5.41, 5.74) is -6.71. The van der Waals surface area contributed by atoms with Crippen LogP contribution in [0.25, 0.3) is 0 Å². The van der Waals surface area contributed by atoms with Crippen molar-refractivity contribution in [3.63, 3.8) is 0 Å². The molecule has 0 unspecified atom stereocenters. The number of carbonyl (C=O) groups is 1. The minimum atomic E-state index is -4.84. The van der Waals surface area contributed by atoms with Gasteiger partial charge in [-0.3, -0.25) is 4.79 Å². The molecule has 0 aliphatic heterocycles. The van der Waals surface area contributed by atoms with Crippen molar-refractivity contribution in [2.24, 2.45) is 0 Å². The second-order valence-electron chi connectivity index (χ2n) is 3.68. The van der Waals surface area contributed by atoms with Crippen molar-refractivity contribution < 1.29 is 31.1 Å². The van der Waals surface area contributed by atoms with Crippen LogP contribution in [-0.2, 0) is 17.4 Å². The molecule has 20 heavy (non-hydrogen) atoms. The van der Waals surface area contributed by atoms with Gasteiger partial charge in [-0.15, -0.1) is 11.6 Å². The van der Waals surface area contributed by atoms with Crippen molar-refractivity contribution in [1.29, 1.82) is 0 Å². The van der Waals surface area contributed by atoms with Crippen molar-refractivity contribution in [3.8, 4) is 0 Å². The maximum absolute atomic E-state index is 12.8. The highest BCUT2D eigenvalue weighted by molar-refractivity contribution is 8.00. The highest BCUT2D eigenvalue weighted by Gasteiger charge is 2.37. The molecule has 1 aromatic rings. The maximum Gasteiger partial charge on any atom is 0.446 e. The fourth-order valence-corrected chi connectivity index (χ4v) is 2.27. The number of rotatable bonds is 4. The van der Waals surface area contributed by atoms with Crippen molar-refractivity contribution in [2.75, 3.05) is 5.88 Å². The first-order chi connectivity index (χ1) is 9.04. The van der Waals surface area contributed by atoms with E-state index in [1.807, 2.05) is 0 Å². The Morgan fingerprint density at radius 2 is 1.75 bits per heavy atom. The van der Waals surface area contributed by atoms with Crippen molar-refractivity contribution in [2.45, 2.75) is 23.0 Å².